The average Bonchev–Trinajstić information content (AvgIpc) is 2.45. The molecule has 1 unspecified atom stereocenters. The third-order valence-electron chi connectivity index (χ3n) is 2.83. The molecule has 1 amide bonds. The molecule has 1 aromatic carbocycles. The van der Waals surface area contributed by atoms with Crippen molar-refractivity contribution in [1.82, 2.24) is 5.32 Å². The van der Waals surface area contributed by atoms with E-state index in [1.165, 1.54) is 0 Å². The van der Waals surface area contributed by atoms with E-state index in [-0.39, 0.29) is 12.0 Å². The van der Waals surface area contributed by atoms with Crippen LogP contribution in [-0.4, -0.2) is 25.2 Å². The van der Waals surface area contributed by atoms with Crippen LogP contribution in [0.15, 0.2) is 30.3 Å². The van der Waals surface area contributed by atoms with E-state index in [1.54, 1.807) is 0 Å². The third-order valence-corrected chi connectivity index (χ3v) is 2.83. The minimum Gasteiger partial charge on any atom is -0.379 e. The number of amides is 1. The predicted molar refractivity (Wildman–Crippen MR) is 78.0 cm³/mol. The van der Waals surface area contributed by atoms with Crippen molar-refractivity contribution < 1.29 is 9.53 Å². The summed E-state index contributed by atoms with van der Waals surface area (Å²) in [6.07, 6.45) is 1.41. The summed E-state index contributed by atoms with van der Waals surface area (Å²) >= 11 is 0. The number of nitrogens with one attached hydrogen (secondary N) is 1. The van der Waals surface area contributed by atoms with Gasteiger partial charge in [-0.3, -0.25) is 4.79 Å². The maximum absolute atomic E-state index is 11.9. The summed E-state index contributed by atoms with van der Waals surface area (Å²) in [5.41, 5.74) is 0.998. The molecule has 0 aliphatic rings. The zero-order valence-electron chi connectivity index (χ0n) is 12.1. The number of hydrogen-bond donors (Lipinski definition) is 1. The van der Waals surface area contributed by atoms with Crippen molar-refractivity contribution in [2.75, 3.05) is 13.2 Å². The number of benzene rings is 1. The van der Waals surface area contributed by atoms with E-state index >= 15 is 0 Å². The molecule has 1 rings (SSSR count). The minimum absolute atomic E-state index is 0.204. The monoisotopic (exact) mass is 274 g/mol. The summed E-state index contributed by atoms with van der Waals surface area (Å²) in [4.78, 5) is 11.9. The Morgan fingerprint density at radius 1 is 1.35 bits per heavy atom. The quantitative estimate of drug-likeness (QED) is 0.740. The maximum Gasteiger partial charge on any atom is 0.237 e. The lowest BCUT2D eigenvalue weighted by atomic mass is 10.00. The van der Waals surface area contributed by atoms with Gasteiger partial charge in [0.05, 0.1) is 12.2 Å². The van der Waals surface area contributed by atoms with Gasteiger partial charge in [0.25, 0.3) is 0 Å². The van der Waals surface area contributed by atoms with Crippen LogP contribution in [0.25, 0.3) is 0 Å². The average molecular weight is 274 g/mol. The number of carbonyl (C=O) groups excluding carboxylic acids is 1. The van der Waals surface area contributed by atoms with Gasteiger partial charge in [0.15, 0.2) is 0 Å². The lowest BCUT2D eigenvalue weighted by Crippen LogP contribution is -2.32. The van der Waals surface area contributed by atoms with Crippen molar-refractivity contribution in [3.05, 3.63) is 35.9 Å². The Bertz CT molecular complexity index is 438. The number of rotatable bonds is 8. The van der Waals surface area contributed by atoms with Gasteiger partial charge in [-0.15, -0.1) is 0 Å². The Labute approximate surface area is 120 Å². The van der Waals surface area contributed by atoms with Gasteiger partial charge in [-0.05, 0) is 32.3 Å². The standard InChI is InChI=1S/C16H22N2O2/c1-13(2)20-10-6-9-18-16(19)15(12-17)11-14-7-4-3-5-8-14/h3-5,7-8,13,15H,6,9-11H2,1-2H3,(H,18,19). The number of hydrogen-bond acceptors (Lipinski definition) is 3. The smallest absolute Gasteiger partial charge is 0.237 e. The Morgan fingerprint density at radius 2 is 2.05 bits per heavy atom. The first-order valence-electron chi connectivity index (χ1n) is 6.96. The fourth-order valence-electron chi connectivity index (χ4n) is 1.77. The van der Waals surface area contributed by atoms with E-state index in [1.807, 2.05) is 44.2 Å². The van der Waals surface area contributed by atoms with Crippen LogP contribution < -0.4 is 5.32 Å². The number of ether oxygens (including phenoxy) is 1. The van der Waals surface area contributed by atoms with Crippen molar-refractivity contribution >= 4 is 5.91 Å². The van der Waals surface area contributed by atoms with Crippen molar-refractivity contribution in [1.29, 1.82) is 5.26 Å². The van der Waals surface area contributed by atoms with Crippen LogP contribution in [0, 0.1) is 17.2 Å². The topological polar surface area (TPSA) is 62.1 Å². The normalized spacial score (nSPS) is 11.9. The summed E-state index contributed by atoms with van der Waals surface area (Å²) in [7, 11) is 0. The Morgan fingerprint density at radius 3 is 2.65 bits per heavy atom. The molecule has 0 saturated carbocycles. The van der Waals surface area contributed by atoms with Crippen molar-refractivity contribution in [3.8, 4) is 6.07 Å². The molecule has 0 heterocycles. The molecule has 0 aromatic heterocycles. The fraction of sp³-hybridized carbons (Fsp3) is 0.500. The molecule has 1 aromatic rings. The lowest BCUT2D eigenvalue weighted by Gasteiger charge is -2.11. The second-order valence-electron chi connectivity index (χ2n) is 4.94. The Hall–Kier alpha value is -1.86. The summed E-state index contributed by atoms with van der Waals surface area (Å²) < 4.78 is 5.39. The summed E-state index contributed by atoms with van der Waals surface area (Å²) in [6, 6.07) is 11.6. The number of nitrogens with zero attached hydrogens (tertiary/aromatic N) is 1. The van der Waals surface area contributed by atoms with E-state index in [4.69, 9.17) is 10.00 Å². The van der Waals surface area contributed by atoms with E-state index in [9.17, 15) is 4.79 Å². The van der Waals surface area contributed by atoms with E-state index in [0.29, 0.717) is 19.6 Å². The molecule has 0 fully saturated rings. The highest BCUT2D eigenvalue weighted by atomic mass is 16.5. The molecule has 1 N–H and O–H groups in total. The minimum atomic E-state index is -0.636. The molecule has 20 heavy (non-hydrogen) atoms. The van der Waals surface area contributed by atoms with E-state index in [0.717, 1.165) is 12.0 Å². The molecular formula is C16H22N2O2. The van der Waals surface area contributed by atoms with Crippen molar-refractivity contribution in [3.63, 3.8) is 0 Å². The molecule has 0 spiro atoms. The van der Waals surface area contributed by atoms with Gasteiger partial charge in [0, 0.05) is 13.2 Å². The number of nitriles is 1. The molecule has 0 saturated heterocycles. The van der Waals surface area contributed by atoms with Crippen LogP contribution in [0.3, 0.4) is 0 Å². The Kier molecular flexibility index (Phi) is 7.38. The first-order valence-corrected chi connectivity index (χ1v) is 6.96. The summed E-state index contributed by atoms with van der Waals surface area (Å²) in [5, 5.41) is 11.9. The highest BCUT2D eigenvalue weighted by Crippen LogP contribution is 2.08. The lowest BCUT2D eigenvalue weighted by molar-refractivity contribution is -0.123. The van der Waals surface area contributed by atoms with Crippen LogP contribution in [0.5, 0.6) is 0 Å². The predicted octanol–water partition coefficient (Wildman–Crippen LogP) is 2.30. The molecule has 1 atom stereocenters. The van der Waals surface area contributed by atoms with Crippen LogP contribution in [0.4, 0.5) is 0 Å². The number of carbonyl (C=O) groups is 1. The van der Waals surface area contributed by atoms with Gasteiger partial charge in [0.1, 0.15) is 5.92 Å². The van der Waals surface area contributed by atoms with E-state index in [2.05, 4.69) is 11.4 Å². The second kappa shape index (κ2) is 9.11. The van der Waals surface area contributed by atoms with Crippen LogP contribution >= 0.6 is 0 Å². The van der Waals surface area contributed by atoms with Crippen LogP contribution in [0.2, 0.25) is 0 Å². The van der Waals surface area contributed by atoms with Crippen molar-refractivity contribution in [2.45, 2.75) is 32.8 Å². The fourth-order valence-corrected chi connectivity index (χ4v) is 1.77. The molecule has 0 radical (unpaired) electrons. The molecular weight excluding hydrogens is 252 g/mol. The van der Waals surface area contributed by atoms with Crippen LogP contribution in [-0.2, 0) is 16.0 Å². The van der Waals surface area contributed by atoms with Gasteiger partial charge in [-0.1, -0.05) is 30.3 Å². The van der Waals surface area contributed by atoms with E-state index < -0.39 is 5.92 Å². The third kappa shape index (κ3) is 6.35. The summed E-state index contributed by atoms with van der Waals surface area (Å²) in [5.74, 6) is -0.843. The van der Waals surface area contributed by atoms with Gasteiger partial charge in [-0.2, -0.15) is 5.26 Å². The van der Waals surface area contributed by atoms with Gasteiger partial charge in [-0.25, -0.2) is 0 Å². The highest BCUT2D eigenvalue weighted by molar-refractivity contribution is 5.81. The second-order valence-corrected chi connectivity index (χ2v) is 4.94. The molecule has 4 heteroatoms. The van der Waals surface area contributed by atoms with Gasteiger partial charge >= 0.3 is 0 Å². The zero-order chi connectivity index (χ0) is 14.8. The molecule has 0 aliphatic heterocycles. The molecule has 0 bridgehead atoms. The first kappa shape index (κ1) is 16.2. The van der Waals surface area contributed by atoms with Gasteiger partial charge in [0.2, 0.25) is 5.91 Å². The SMILES string of the molecule is CC(C)OCCCNC(=O)C(C#N)Cc1ccccc1. The largest absolute Gasteiger partial charge is 0.379 e. The molecule has 0 aliphatic carbocycles. The first-order chi connectivity index (χ1) is 9.63. The molecule has 108 valence electrons. The maximum atomic E-state index is 11.9. The Balaban J connectivity index is 2.31. The van der Waals surface area contributed by atoms with Crippen LogP contribution in [0.1, 0.15) is 25.8 Å². The highest BCUT2D eigenvalue weighted by Gasteiger charge is 2.17. The zero-order valence-corrected chi connectivity index (χ0v) is 12.1. The van der Waals surface area contributed by atoms with Crippen molar-refractivity contribution in [2.24, 2.45) is 5.92 Å². The molecule has 4 nitrogen and oxygen atoms in total. The van der Waals surface area contributed by atoms with Gasteiger partial charge < -0.3 is 10.1 Å². The summed E-state index contributed by atoms with van der Waals surface area (Å²) in [6.45, 7) is 5.11.